The molecule has 5 heteroatoms. The zero-order valence-electron chi connectivity index (χ0n) is 17.8. The second kappa shape index (κ2) is 7.88. The molecule has 1 amide bonds. The molecule has 4 rings (SSSR count). The summed E-state index contributed by atoms with van der Waals surface area (Å²) in [5.74, 6) is -0.796. The highest BCUT2D eigenvalue weighted by Crippen LogP contribution is 2.52. The molecule has 2 aromatic rings. The van der Waals surface area contributed by atoms with Crippen molar-refractivity contribution in [2.45, 2.75) is 44.2 Å². The normalized spacial score (nSPS) is 26.5. The molecule has 1 N–H and O–H groups in total. The maximum absolute atomic E-state index is 12.9. The summed E-state index contributed by atoms with van der Waals surface area (Å²) in [6.07, 6.45) is 4.63. The first-order valence-corrected chi connectivity index (χ1v) is 10.7. The van der Waals surface area contributed by atoms with Gasteiger partial charge in [-0.15, -0.1) is 0 Å². The first-order valence-electron chi connectivity index (χ1n) is 10.7. The molecule has 0 unspecified atom stereocenters. The van der Waals surface area contributed by atoms with E-state index in [1.165, 1.54) is 5.56 Å². The van der Waals surface area contributed by atoms with Crippen molar-refractivity contribution < 1.29 is 14.7 Å². The van der Waals surface area contributed by atoms with Crippen LogP contribution in [0.5, 0.6) is 0 Å². The van der Waals surface area contributed by atoms with Gasteiger partial charge in [0.25, 0.3) is 0 Å². The molecule has 1 aliphatic carbocycles. The molecular weight excluding hydrogens is 376 g/mol. The molecule has 0 atom stereocenters. The van der Waals surface area contributed by atoms with Gasteiger partial charge >= 0.3 is 5.97 Å². The number of carboxylic acid groups (broad SMARTS) is 1. The van der Waals surface area contributed by atoms with E-state index >= 15 is 0 Å². The third-order valence-electron chi connectivity index (χ3n) is 7.32. The van der Waals surface area contributed by atoms with Crippen molar-refractivity contribution in [1.29, 1.82) is 0 Å². The number of carbonyl (C=O) groups excluding carboxylic acids is 1. The number of aromatic carboxylic acids is 1. The lowest BCUT2D eigenvalue weighted by molar-refractivity contribution is -0.128. The number of hydrogen-bond donors (Lipinski definition) is 1. The lowest BCUT2D eigenvalue weighted by Gasteiger charge is -2.48. The molecule has 0 aromatic heterocycles. The molecular formula is C25H30N2O3. The van der Waals surface area contributed by atoms with E-state index in [4.69, 9.17) is 0 Å². The van der Waals surface area contributed by atoms with Gasteiger partial charge in [0, 0.05) is 25.0 Å². The molecule has 2 aromatic carbocycles. The molecule has 5 nitrogen and oxygen atoms in total. The summed E-state index contributed by atoms with van der Waals surface area (Å²) >= 11 is 0. The molecule has 0 radical (unpaired) electrons. The number of benzene rings is 2. The Balaban J connectivity index is 1.50. The topological polar surface area (TPSA) is 60.9 Å². The van der Waals surface area contributed by atoms with Crippen LogP contribution in [0.2, 0.25) is 0 Å². The Morgan fingerprint density at radius 2 is 1.63 bits per heavy atom. The Morgan fingerprint density at radius 3 is 2.27 bits per heavy atom. The molecule has 1 aliphatic heterocycles. The number of carboxylic acids is 1. The molecule has 158 valence electrons. The van der Waals surface area contributed by atoms with Gasteiger partial charge in [-0.3, -0.25) is 9.69 Å². The first kappa shape index (κ1) is 20.6. The number of rotatable bonds is 5. The molecule has 2 aliphatic rings. The fourth-order valence-corrected chi connectivity index (χ4v) is 5.47. The van der Waals surface area contributed by atoms with Crippen LogP contribution in [0.4, 0.5) is 0 Å². The van der Waals surface area contributed by atoms with Crippen LogP contribution in [0.1, 0.15) is 53.6 Å². The lowest BCUT2D eigenvalue weighted by atomic mass is 9.64. The van der Waals surface area contributed by atoms with Crippen LogP contribution in [0, 0.1) is 5.41 Å². The van der Waals surface area contributed by atoms with Gasteiger partial charge in [-0.1, -0.05) is 48.5 Å². The van der Waals surface area contributed by atoms with Gasteiger partial charge in [-0.05, 0) is 62.4 Å². The maximum Gasteiger partial charge on any atom is 0.336 e. The summed E-state index contributed by atoms with van der Waals surface area (Å²) in [6, 6.07) is 17.7. The second-order valence-corrected chi connectivity index (χ2v) is 9.18. The van der Waals surface area contributed by atoms with Crippen molar-refractivity contribution in [2.24, 2.45) is 5.41 Å². The standard InChI is InChI=1S/C25H30N2O3/c1-26(2)25(20-9-4-3-5-10-20)14-12-24(13-15-25)16-22(28)27(18-24)17-19-8-6-7-11-21(19)23(29)30/h3-11H,12-18H2,1-2H3,(H,29,30). The van der Waals surface area contributed by atoms with E-state index < -0.39 is 5.97 Å². The fourth-order valence-electron chi connectivity index (χ4n) is 5.47. The summed E-state index contributed by atoms with van der Waals surface area (Å²) in [5.41, 5.74) is 2.35. The van der Waals surface area contributed by atoms with Crippen LogP contribution in [0.3, 0.4) is 0 Å². The summed E-state index contributed by atoms with van der Waals surface area (Å²) in [5, 5.41) is 9.46. The van der Waals surface area contributed by atoms with Crippen LogP contribution in [-0.2, 0) is 16.9 Å². The minimum absolute atomic E-state index is 0.00351. The first-order chi connectivity index (χ1) is 14.4. The fraction of sp³-hybridized carbons (Fsp3) is 0.440. The van der Waals surface area contributed by atoms with Crippen molar-refractivity contribution in [1.82, 2.24) is 9.80 Å². The second-order valence-electron chi connectivity index (χ2n) is 9.18. The number of hydrogen-bond acceptors (Lipinski definition) is 3. The van der Waals surface area contributed by atoms with Gasteiger partial charge < -0.3 is 10.0 Å². The zero-order chi connectivity index (χ0) is 21.4. The minimum atomic E-state index is -0.941. The van der Waals surface area contributed by atoms with Gasteiger partial charge in [0.2, 0.25) is 5.91 Å². The number of nitrogens with zero attached hydrogens (tertiary/aromatic N) is 2. The molecule has 30 heavy (non-hydrogen) atoms. The molecule has 1 saturated carbocycles. The van der Waals surface area contributed by atoms with E-state index in [9.17, 15) is 14.7 Å². The van der Waals surface area contributed by atoms with E-state index in [-0.39, 0.29) is 22.4 Å². The predicted octanol–water partition coefficient (Wildman–Crippen LogP) is 4.13. The van der Waals surface area contributed by atoms with E-state index in [2.05, 4.69) is 49.3 Å². The predicted molar refractivity (Wildman–Crippen MR) is 116 cm³/mol. The zero-order valence-corrected chi connectivity index (χ0v) is 17.8. The Morgan fingerprint density at radius 1 is 1.00 bits per heavy atom. The van der Waals surface area contributed by atoms with Crippen molar-refractivity contribution in [2.75, 3.05) is 20.6 Å². The van der Waals surface area contributed by atoms with E-state index in [0.717, 1.165) is 32.2 Å². The van der Waals surface area contributed by atoms with E-state index in [0.29, 0.717) is 18.5 Å². The van der Waals surface area contributed by atoms with Crippen molar-refractivity contribution >= 4 is 11.9 Å². The smallest absolute Gasteiger partial charge is 0.336 e. The lowest BCUT2D eigenvalue weighted by Crippen LogP contribution is -2.47. The number of carbonyl (C=O) groups is 2. The largest absolute Gasteiger partial charge is 0.478 e. The number of likely N-dealkylation sites (tertiary alicyclic amines) is 1. The van der Waals surface area contributed by atoms with Crippen LogP contribution < -0.4 is 0 Å². The summed E-state index contributed by atoms with van der Waals surface area (Å²) in [6.45, 7) is 1.10. The third kappa shape index (κ3) is 3.63. The van der Waals surface area contributed by atoms with Crippen molar-refractivity contribution in [3.8, 4) is 0 Å². The Kier molecular flexibility index (Phi) is 5.41. The molecule has 1 spiro atoms. The van der Waals surface area contributed by atoms with Crippen molar-refractivity contribution in [3.05, 3.63) is 71.3 Å². The highest BCUT2D eigenvalue weighted by Gasteiger charge is 2.50. The van der Waals surface area contributed by atoms with Gasteiger partial charge in [0.1, 0.15) is 0 Å². The summed E-state index contributed by atoms with van der Waals surface area (Å²) < 4.78 is 0. The highest BCUT2D eigenvalue weighted by atomic mass is 16.4. The Hall–Kier alpha value is -2.66. The number of amides is 1. The molecule has 1 saturated heterocycles. The average Bonchev–Trinajstić information content (AvgIpc) is 3.04. The van der Waals surface area contributed by atoms with Crippen LogP contribution in [-0.4, -0.2) is 47.4 Å². The minimum Gasteiger partial charge on any atom is -0.478 e. The quantitative estimate of drug-likeness (QED) is 0.811. The SMILES string of the molecule is CN(C)C1(c2ccccc2)CCC2(CC1)CC(=O)N(Cc1ccccc1C(=O)O)C2. The summed E-state index contributed by atoms with van der Waals surface area (Å²) in [7, 11) is 4.31. The Labute approximate surface area is 178 Å². The van der Waals surface area contributed by atoms with Gasteiger partial charge in [0.15, 0.2) is 0 Å². The average molecular weight is 407 g/mol. The third-order valence-corrected chi connectivity index (χ3v) is 7.32. The van der Waals surface area contributed by atoms with Crippen LogP contribution in [0.15, 0.2) is 54.6 Å². The van der Waals surface area contributed by atoms with E-state index in [1.807, 2.05) is 17.0 Å². The monoisotopic (exact) mass is 406 g/mol. The summed E-state index contributed by atoms with van der Waals surface area (Å²) in [4.78, 5) is 28.6. The van der Waals surface area contributed by atoms with Crippen LogP contribution >= 0.6 is 0 Å². The molecule has 0 bridgehead atoms. The molecule has 1 heterocycles. The van der Waals surface area contributed by atoms with Crippen LogP contribution in [0.25, 0.3) is 0 Å². The van der Waals surface area contributed by atoms with Crippen molar-refractivity contribution in [3.63, 3.8) is 0 Å². The maximum atomic E-state index is 12.9. The molecule has 2 fully saturated rings. The highest BCUT2D eigenvalue weighted by molar-refractivity contribution is 5.89. The van der Waals surface area contributed by atoms with Gasteiger partial charge in [-0.2, -0.15) is 0 Å². The van der Waals surface area contributed by atoms with Gasteiger partial charge in [-0.25, -0.2) is 4.79 Å². The van der Waals surface area contributed by atoms with Gasteiger partial charge in [0.05, 0.1) is 5.56 Å². The van der Waals surface area contributed by atoms with E-state index in [1.54, 1.807) is 12.1 Å². The Bertz CT molecular complexity index is 930.